The van der Waals surface area contributed by atoms with Crippen LogP contribution in [0.15, 0.2) is 47.5 Å². The molecule has 138 valence electrons. The van der Waals surface area contributed by atoms with Crippen LogP contribution in [0.2, 0.25) is 0 Å². The van der Waals surface area contributed by atoms with Crippen molar-refractivity contribution in [2.45, 2.75) is 25.3 Å². The van der Waals surface area contributed by atoms with Crippen molar-refractivity contribution in [1.82, 2.24) is 4.98 Å². The molecule has 1 aliphatic rings. The Labute approximate surface area is 162 Å². The molecular formula is C21H20N2O3S. The second-order valence-electron chi connectivity index (χ2n) is 6.36. The summed E-state index contributed by atoms with van der Waals surface area (Å²) in [6.07, 6.45) is 0.878. The van der Waals surface area contributed by atoms with E-state index in [1.807, 2.05) is 12.1 Å². The van der Waals surface area contributed by atoms with Gasteiger partial charge in [0.25, 0.3) is 0 Å². The first-order chi connectivity index (χ1) is 13.1. The fourth-order valence-electron chi connectivity index (χ4n) is 3.06. The zero-order valence-electron chi connectivity index (χ0n) is 15.2. The molecular weight excluding hydrogens is 360 g/mol. The van der Waals surface area contributed by atoms with Crippen LogP contribution in [0.25, 0.3) is 10.9 Å². The van der Waals surface area contributed by atoms with E-state index in [9.17, 15) is 4.79 Å². The van der Waals surface area contributed by atoms with Crippen molar-refractivity contribution in [3.63, 3.8) is 0 Å². The molecule has 5 nitrogen and oxygen atoms in total. The highest BCUT2D eigenvalue weighted by molar-refractivity contribution is 8.00. The molecule has 3 aromatic rings. The summed E-state index contributed by atoms with van der Waals surface area (Å²) in [5, 5.41) is 4.96. The van der Waals surface area contributed by atoms with Crippen LogP contribution >= 0.6 is 11.8 Å². The molecule has 1 amide bonds. The Morgan fingerprint density at radius 2 is 2.04 bits per heavy atom. The molecule has 0 radical (unpaired) electrons. The third kappa shape index (κ3) is 3.71. The first kappa shape index (κ1) is 17.7. The van der Waals surface area contributed by atoms with Gasteiger partial charge in [0.05, 0.1) is 11.3 Å². The lowest BCUT2D eigenvalue weighted by Crippen LogP contribution is -2.14. The number of carbonyl (C=O) groups is 1. The molecule has 1 aromatic heterocycles. The van der Waals surface area contributed by atoms with Crippen molar-refractivity contribution >= 4 is 34.3 Å². The first-order valence-corrected chi connectivity index (χ1v) is 9.84. The molecule has 0 fully saturated rings. The molecule has 0 atom stereocenters. The summed E-state index contributed by atoms with van der Waals surface area (Å²) in [5.41, 5.74) is 3.99. The van der Waals surface area contributed by atoms with Crippen molar-refractivity contribution in [3.8, 4) is 11.5 Å². The third-order valence-electron chi connectivity index (χ3n) is 4.46. The number of carbonyl (C=O) groups excluding carboxylic acids is 1. The fraction of sp³-hybridized carbons (Fsp3) is 0.238. The van der Waals surface area contributed by atoms with Crippen LogP contribution in [-0.4, -0.2) is 23.4 Å². The maximum atomic E-state index is 12.4. The summed E-state index contributed by atoms with van der Waals surface area (Å²) in [6.45, 7) is 4.38. The number of nitrogens with zero attached hydrogens (tertiary/aromatic N) is 1. The Balaban J connectivity index is 1.47. The molecule has 0 aliphatic carbocycles. The lowest BCUT2D eigenvalue weighted by molar-refractivity contribution is -0.113. The van der Waals surface area contributed by atoms with Crippen molar-refractivity contribution in [2.75, 3.05) is 17.9 Å². The standard InChI is InChI=1S/C21H20N2O3S/c1-3-14-9-15-6-4-5-13(2)20(15)23-21(14)27-11-19(24)22-16-7-8-17-18(10-16)26-12-25-17/h4-10H,3,11-12H2,1-2H3,(H,22,24). The van der Waals surface area contributed by atoms with Gasteiger partial charge in [0, 0.05) is 17.1 Å². The summed E-state index contributed by atoms with van der Waals surface area (Å²) in [5.74, 6) is 1.57. The largest absolute Gasteiger partial charge is 0.454 e. The summed E-state index contributed by atoms with van der Waals surface area (Å²) >= 11 is 1.47. The van der Waals surface area contributed by atoms with Gasteiger partial charge in [0.2, 0.25) is 12.7 Å². The van der Waals surface area contributed by atoms with E-state index in [1.165, 1.54) is 11.8 Å². The minimum Gasteiger partial charge on any atom is -0.454 e. The number of ether oxygens (including phenoxy) is 2. The molecule has 1 N–H and O–H groups in total. The SMILES string of the molecule is CCc1cc2cccc(C)c2nc1SCC(=O)Nc1ccc2c(c1)OCO2. The van der Waals surface area contributed by atoms with Gasteiger partial charge in [-0.1, -0.05) is 36.9 Å². The Kier molecular flexibility index (Phi) is 4.90. The highest BCUT2D eigenvalue weighted by Crippen LogP contribution is 2.34. The summed E-state index contributed by atoms with van der Waals surface area (Å²) in [6, 6.07) is 13.7. The number of hydrogen-bond acceptors (Lipinski definition) is 5. The number of fused-ring (bicyclic) bond motifs is 2. The van der Waals surface area contributed by atoms with Crippen molar-refractivity contribution in [3.05, 3.63) is 53.6 Å². The van der Waals surface area contributed by atoms with Crippen molar-refractivity contribution in [1.29, 1.82) is 0 Å². The van der Waals surface area contributed by atoms with Gasteiger partial charge >= 0.3 is 0 Å². The van der Waals surface area contributed by atoms with Crippen molar-refractivity contribution < 1.29 is 14.3 Å². The molecule has 1 aliphatic heterocycles. The Morgan fingerprint density at radius 3 is 2.89 bits per heavy atom. The number of hydrogen-bond donors (Lipinski definition) is 1. The minimum absolute atomic E-state index is 0.0763. The molecule has 2 heterocycles. The van der Waals surface area contributed by atoms with Crippen LogP contribution in [0.4, 0.5) is 5.69 Å². The van der Waals surface area contributed by atoms with Gasteiger partial charge in [-0.15, -0.1) is 0 Å². The molecule has 27 heavy (non-hydrogen) atoms. The predicted molar refractivity (Wildman–Crippen MR) is 108 cm³/mol. The van der Waals surface area contributed by atoms with E-state index in [4.69, 9.17) is 14.5 Å². The minimum atomic E-state index is -0.0763. The molecule has 4 rings (SSSR count). The van der Waals surface area contributed by atoms with E-state index >= 15 is 0 Å². The number of thioether (sulfide) groups is 1. The topological polar surface area (TPSA) is 60.5 Å². The lowest BCUT2D eigenvalue weighted by Gasteiger charge is -2.11. The van der Waals surface area contributed by atoms with E-state index in [1.54, 1.807) is 12.1 Å². The van der Waals surface area contributed by atoms with Crippen LogP contribution in [0.5, 0.6) is 11.5 Å². The molecule has 0 saturated carbocycles. The molecule has 0 saturated heterocycles. The number of para-hydroxylation sites is 1. The maximum Gasteiger partial charge on any atom is 0.234 e. The van der Waals surface area contributed by atoms with E-state index < -0.39 is 0 Å². The fourth-order valence-corrected chi connectivity index (χ4v) is 3.94. The monoisotopic (exact) mass is 380 g/mol. The lowest BCUT2D eigenvalue weighted by atomic mass is 10.1. The maximum absolute atomic E-state index is 12.4. The molecule has 2 aromatic carbocycles. The van der Waals surface area contributed by atoms with E-state index in [0.717, 1.165) is 33.5 Å². The zero-order chi connectivity index (χ0) is 18.8. The molecule has 6 heteroatoms. The van der Waals surface area contributed by atoms with E-state index in [0.29, 0.717) is 22.9 Å². The number of nitrogens with one attached hydrogen (secondary N) is 1. The smallest absolute Gasteiger partial charge is 0.234 e. The van der Waals surface area contributed by atoms with Gasteiger partial charge in [-0.05, 0) is 42.7 Å². The van der Waals surface area contributed by atoms with Crippen LogP contribution in [0.3, 0.4) is 0 Å². The number of aromatic nitrogens is 1. The summed E-state index contributed by atoms with van der Waals surface area (Å²) < 4.78 is 10.6. The van der Waals surface area contributed by atoms with Gasteiger partial charge in [-0.3, -0.25) is 4.79 Å². The van der Waals surface area contributed by atoms with E-state index in [-0.39, 0.29) is 12.7 Å². The van der Waals surface area contributed by atoms with Crippen molar-refractivity contribution in [2.24, 2.45) is 0 Å². The number of rotatable bonds is 5. The third-order valence-corrected chi connectivity index (χ3v) is 5.50. The van der Waals surface area contributed by atoms with Crippen LogP contribution in [0.1, 0.15) is 18.1 Å². The Morgan fingerprint density at radius 1 is 1.19 bits per heavy atom. The van der Waals surface area contributed by atoms with Gasteiger partial charge in [-0.2, -0.15) is 0 Å². The average molecular weight is 380 g/mol. The Bertz CT molecular complexity index is 1020. The highest BCUT2D eigenvalue weighted by atomic mass is 32.2. The van der Waals surface area contributed by atoms with Crippen LogP contribution in [0, 0.1) is 6.92 Å². The second-order valence-corrected chi connectivity index (χ2v) is 7.32. The number of benzene rings is 2. The number of pyridine rings is 1. The number of anilines is 1. The van der Waals surface area contributed by atoms with Gasteiger partial charge in [0.15, 0.2) is 11.5 Å². The predicted octanol–water partition coefficient (Wildman–Crippen LogP) is 4.57. The van der Waals surface area contributed by atoms with Crippen LogP contribution in [-0.2, 0) is 11.2 Å². The summed E-state index contributed by atoms with van der Waals surface area (Å²) in [4.78, 5) is 17.2. The average Bonchev–Trinajstić information content (AvgIpc) is 3.14. The molecule has 0 unspecified atom stereocenters. The van der Waals surface area contributed by atoms with Crippen LogP contribution < -0.4 is 14.8 Å². The zero-order valence-corrected chi connectivity index (χ0v) is 16.1. The summed E-state index contributed by atoms with van der Waals surface area (Å²) in [7, 11) is 0. The molecule has 0 spiro atoms. The Hall–Kier alpha value is -2.73. The molecule has 0 bridgehead atoms. The second kappa shape index (κ2) is 7.48. The first-order valence-electron chi connectivity index (χ1n) is 8.85. The highest BCUT2D eigenvalue weighted by Gasteiger charge is 2.15. The van der Waals surface area contributed by atoms with Gasteiger partial charge < -0.3 is 14.8 Å². The van der Waals surface area contributed by atoms with Gasteiger partial charge in [-0.25, -0.2) is 4.98 Å². The van der Waals surface area contributed by atoms with Gasteiger partial charge in [0.1, 0.15) is 5.03 Å². The number of aryl methyl sites for hydroxylation is 2. The quantitative estimate of drug-likeness (QED) is 0.657. The number of amides is 1. The van der Waals surface area contributed by atoms with E-state index in [2.05, 4.69) is 37.4 Å². The normalized spacial score (nSPS) is 12.4.